The molecule has 0 saturated carbocycles. The molecule has 7 nitrogen and oxygen atoms in total. The van der Waals surface area contributed by atoms with Crippen LogP contribution in [0.25, 0.3) is 6.08 Å². The van der Waals surface area contributed by atoms with Gasteiger partial charge in [-0.05, 0) is 29.8 Å². The molecule has 1 amide bonds. The van der Waals surface area contributed by atoms with Gasteiger partial charge < -0.3 is 10.1 Å². The van der Waals surface area contributed by atoms with E-state index in [1.165, 1.54) is 24.3 Å². The number of rotatable bonds is 6. The fraction of sp³-hybridized carbons (Fsp3) is 0.0588. The summed E-state index contributed by atoms with van der Waals surface area (Å²) in [7, 11) is 0. The number of benzene rings is 2. The molecule has 140 valence electrons. The van der Waals surface area contributed by atoms with Gasteiger partial charge >= 0.3 is 5.97 Å². The maximum Gasteiger partial charge on any atom is 0.331 e. The van der Waals surface area contributed by atoms with Gasteiger partial charge in [-0.25, -0.2) is 4.79 Å². The van der Waals surface area contributed by atoms with Crippen molar-refractivity contribution in [1.29, 1.82) is 0 Å². The predicted octanol–water partition coefficient (Wildman–Crippen LogP) is 4.75. The molecule has 0 aromatic heterocycles. The number of halogens is 3. The van der Waals surface area contributed by atoms with Gasteiger partial charge in [0.25, 0.3) is 11.6 Å². The van der Waals surface area contributed by atoms with Gasteiger partial charge in [-0.3, -0.25) is 14.9 Å². The Hall–Kier alpha value is -2.61. The first-order chi connectivity index (χ1) is 12.8. The van der Waals surface area contributed by atoms with Crippen LogP contribution in [0.1, 0.15) is 5.56 Å². The molecule has 0 bridgehead atoms. The number of carbonyl (C=O) groups is 2. The lowest BCUT2D eigenvalue weighted by molar-refractivity contribution is -0.384. The smallest absolute Gasteiger partial charge is 0.331 e. The van der Waals surface area contributed by atoms with Crippen LogP contribution in [0.4, 0.5) is 11.4 Å². The molecular weight excluding hydrogens is 419 g/mol. The van der Waals surface area contributed by atoms with Crippen LogP contribution in [0.3, 0.4) is 0 Å². The Morgan fingerprint density at radius 2 is 1.85 bits per heavy atom. The van der Waals surface area contributed by atoms with Crippen molar-refractivity contribution in [3.63, 3.8) is 0 Å². The molecule has 0 aliphatic heterocycles. The Bertz CT molecular complexity index is 931. The first kappa shape index (κ1) is 20.7. The van der Waals surface area contributed by atoms with Crippen molar-refractivity contribution in [2.24, 2.45) is 0 Å². The highest BCUT2D eigenvalue weighted by molar-refractivity contribution is 6.35. The van der Waals surface area contributed by atoms with E-state index >= 15 is 0 Å². The number of nitrogens with one attached hydrogen (secondary N) is 1. The third-order valence-corrected chi connectivity index (χ3v) is 4.02. The zero-order chi connectivity index (χ0) is 20.0. The SMILES string of the molecule is O=C(COC(=O)/C=C/c1ccc(Cl)cc1Cl)Nc1ccc([N+](=O)[O-])cc1Cl. The number of anilines is 1. The highest BCUT2D eigenvalue weighted by Gasteiger charge is 2.12. The number of nitro groups is 1. The number of nitrogens with zero attached hydrogens (tertiary/aromatic N) is 1. The summed E-state index contributed by atoms with van der Waals surface area (Å²) in [4.78, 5) is 33.5. The maximum absolute atomic E-state index is 11.8. The van der Waals surface area contributed by atoms with Gasteiger partial charge in [-0.1, -0.05) is 40.9 Å². The number of amides is 1. The van der Waals surface area contributed by atoms with Gasteiger partial charge in [0, 0.05) is 28.3 Å². The highest BCUT2D eigenvalue weighted by Crippen LogP contribution is 2.26. The van der Waals surface area contributed by atoms with Crippen LogP contribution >= 0.6 is 34.8 Å². The first-order valence-electron chi connectivity index (χ1n) is 7.30. The lowest BCUT2D eigenvalue weighted by Crippen LogP contribution is -2.20. The summed E-state index contributed by atoms with van der Waals surface area (Å²) in [6, 6.07) is 8.32. The van der Waals surface area contributed by atoms with E-state index in [2.05, 4.69) is 5.32 Å². The third-order valence-electron chi connectivity index (χ3n) is 3.14. The number of non-ortho nitro benzene ring substituents is 1. The van der Waals surface area contributed by atoms with E-state index in [1.807, 2.05) is 0 Å². The van der Waals surface area contributed by atoms with Gasteiger partial charge in [0.15, 0.2) is 6.61 Å². The van der Waals surface area contributed by atoms with Crippen molar-refractivity contribution in [3.05, 3.63) is 73.2 Å². The van der Waals surface area contributed by atoms with Gasteiger partial charge in [-0.2, -0.15) is 0 Å². The Morgan fingerprint density at radius 1 is 1.11 bits per heavy atom. The van der Waals surface area contributed by atoms with E-state index in [1.54, 1.807) is 12.1 Å². The second kappa shape index (κ2) is 9.36. The highest BCUT2D eigenvalue weighted by atomic mass is 35.5. The van der Waals surface area contributed by atoms with E-state index in [0.717, 1.165) is 12.1 Å². The van der Waals surface area contributed by atoms with Gasteiger partial charge in [0.1, 0.15) is 0 Å². The average Bonchev–Trinajstić information content (AvgIpc) is 2.60. The molecule has 0 aliphatic rings. The van der Waals surface area contributed by atoms with Gasteiger partial charge in [-0.15, -0.1) is 0 Å². The number of ether oxygens (including phenoxy) is 1. The third kappa shape index (κ3) is 6.25. The summed E-state index contributed by atoms with van der Waals surface area (Å²) >= 11 is 17.6. The fourth-order valence-corrected chi connectivity index (χ4v) is 2.58. The lowest BCUT2D eigenvalue weighted by atomic mass is 10.2. The zero-order valence-corrected chi connectivity index (χ0v) is 15.7. The molecule has 1 N–H and O–H groups in total. The molecule has 0 unspecified atom stereocenters. The van der Waals surface area contributed by atoms with E-state index in [0.29, 0.717) is 15.6 Å². The second-order valence-corrected chi connectivity index (χ2v) is 6.33. The van der Waals surface area contributed by atoms with E-state index in [-0.39, 0.29) is 16.4 Å². The fourth-order valence-electron chi connectivity index (χ4n) is 1.88. The minimum atomic E-state index is -0.758. The number of nitro benzene ring substituents is 1. The van der Waals surface area contributed by atoms with Gasteiger partial charge in [0.2, 0.25) is 0 Å². The van der Waals surface area contributed by atoms with Crippen LogP contribution in [-0.4, -0.2) is 23.4 Å². The molecule has 0 atom stereocenters. The molecule has 0 spiro atoms. The van der Waals surface area contributed by atoms with E-state index in [4.69, 9.17) is 39.5 Å². The van der Waals surface area contributed by atoms with Crippen molar-refractivity contribution in [3.8, 4) is 0 Å². The number of esters is 1. The van der Waals surface area contributed by atoms with Crippen LogP contribution in [0.2, 0.25) is 15.1 Å². The minimum absolute atomic E-state index is 0.0128. The van der Waals surface area contributed by atoms with Crippen LogP contribution in [0.15, 0.2) is 42.5 Å². The first-order valence-corrected chi connectivity index (χ1v) is 8.43. The number of hydrogen-bond donors (Lipinski definition) is 1. The molecule has 0 fully saturated rings. The summed E-state index contributed by atoms with van der Waals surface area (Å²) in [5.74, 6) is -1.41. The molecule has 2 aromatic carbocycles. The normalized spacial score (nSPS) is 10.6. The minimum Gasteiger partial charge on any atom is -0.452 e. The van der Waals surface area contributed by atoms with Crippen LogP contribution in [-0.2, 0) is 14.3 Å². The Labute approximate surface area is 168 Å². The summed E-state index contributed by atoms with van der Waals surface area (Å²) in [5.41, 5.74) is 0.502. The molecule has 0 radical (unpaired) electrons. The molecule has 0 heterocycles. The van der Waals surface area contributed by atoms with E-state index < -0.39 is 23.4 Å². The van der Waals surface area contributed by atoms with Crippen molar-refractivity contribution >= 4 is 64.1 Å². The Morgan fingerprint density at radius 3 is 2.48 bits per heavy atom. The van der Waals surface area contributed by atoms with E-state index in [9.17, 15) is 19.7 Å². The lowest BCUT2D eigenvalue weighted by Gasteiger charge is -2.07. The molecular formula is C17H11Cl3N2O5. The van der Waals surface area contributed by atoms with Crippen LogP contribution in [0.5, 0.6) is 0 Å². The molecule has 0 aliphatic carbocycles. The van der Waals surface area contributed by atoms with Crippen molar-refractivity contribution in [1.82, 2.24) is 0 Å². The summed E-state index contributed by atoms with van der Waals surface area (Å²) in [6.45, 7) is -0.565. The Kier molecular flexibility index (Phi) is 7.18. The molecule has 2 rings (SSSR count). The summed E-state index contributed by atoms with van der Waals surface area (Å²) in [5, 5.41) is 13.8. The molecule has 10 heteroatoms. The topological polar surface area (TPSA) is 98.5 Å². The molecule has 0 saturated heterocycles. The van der Waals surface area contributed by atoms with Crippen LogP contribution in [0, 0.1) is 10.1 Å². The number of hydrogen-bond acceptors (Lipinski definition) is 5. The summed E-state index contributed by atoms with van der Waals surface area (Å²) < 4.78 is 4.80. The molecule has 27 heavy (non-hydrogen) atoms. The zero-order valence-electron chi connectivity index (χ0n) is 13.4. The standard InChI is InChI=1S/C17H11Cl3N2O5/c18-11-3-1-10(13(19)7-11)2-6-17(24)27-9-16(23)21-15-5-4-12(22(25)26)8-14(15)20/h1-8H,9H2,(H,21,23)/b6-2+. The second-order valence-electron chi connectivity index (χ2n) is 5.08. The largest absolute Gasteiger partial charge is 0.452 e. The Balaban J connectivity index is 1.88. The van der Waals surface area contributed by atoms with Crippen LogP contribution < -0.4 is 5.32 Å². The monoisotopic (exact) mass is 428 g/mol. The predicted molar refractivity (Wildman–Crippen MR) is 103 cm³/mol. The quantitative estimate of drug-likeness (QED) is 0.309. The van der Waals surface area contributed by atoms with Gasteiger partial charge in [0.05, 0.1) is 15.6 Å². The van der Waals surface area contributed by atoms with Crippen molar-refractivity contribution in [2.75, 3.05) is 11.9 Å². The molecule has 2 aromatic rings. The average molecular weight is 430 g/mol. The maximum atomic E-state index is 11.8. The van der Waals surface area contributed by atoms with Crippen molar-refractivity contribution in [2.45, 2.75) is 0 Å². The van der Waals surface area contributed by atoms with Crippen molar-refractivity contribution < 1.29 is 19.2 Å². The number of carbonyl (C=O) groups excluding carboxylic acids is 2. The summed E-state index contributed by atoms with van der Waals surface area (Å²) in [6.07, 6.45) is 2.54.